The van der Waals surface area contributed by atoms with Gasteiger partial charge in [-0.05, 0) is 18.6 Å². The van der Waals surface area contributed by atoms with Crippen LogP contribution in [-0.2, 0) is 11.2 Å². The molecule has 4 nitrogen and oxygen atoms in total. The molecule has 0 saturated heterocycles. The molecule has 0 aliphatic carbocycles. The van der Waals surface area contributed by atoms with E-state index >= 15 is 0 Å². The summed E-state index contributed by atoms with van der Waals surface area (Å²) in [5, 5.41) is 1.15. The van der Waals surface area contributed by atoms with Crippen molar-refractivity contribution in [2.24, 2.45) is 0 Å². The van der Waals surface area contributed by atoms with E-state index < -0.39 is 5.97 Å². The first kappa shape index (κ1) is 13.9. The number of carbonyl (C=O) groups is 1. The maximum atomic E-state index is 12.0. The summed E-state index contributed by atoms with van der Waals surface area (Å²) < 4.78 is 5.16. The summed E-state index contributed by atoms with van der Waals surface area (Å²) in [5.41, 5.74) is 0.398. The number of esters is 1. The van der Waals surface area contributed by atoms with Gasteiger partial charge in [0.05, 0.1) is 26.5 Å². The highest BCUT2D eigenvalue weighted by Gasteiger charge is 2.18. The Morgan fingerprint density at radius 2 is 1.95 bits per heavy atom. The van der Waals surface area contributed by atoms with E-state index in [0.29, 0.717) is 32.9 Å². The van der Waals surface area contributed by atoms with Gasteiger partial charge in [-0.15, -0.1) is 0 Å². The predicted octanol–water partition coefficient (Wildman–Crippen LogP) is 3.32. The number of hydrogen-bond acceptors (Lipinski definition) is 3. The molecule has 1 N–H and O–H groups in total. The van der Waals surface area contributed by atoms with E-state index in [9.17, 15) is 9.59 Å². The number of H-pyrrole nitrogens is 1. The maximum absolute atomic E-state index is 12.0. The van der Waals surface area contributed by atoms with Gasteiger partial charge >= 0.3 is 5.97 Å². The Labute approximate surface area is 119 Å². The summed E-state index contributed by atoms with van der Waals surface area (Å²) in [7, 11) is 0. The maximum Gasteiger partial charge on any atom is 0.308 e. The van der Waals surface area contributed by atoms with Gasteiger partial charge < -0.3 is 9.72 Å². The highest BCUT2D eigenvalue weighted by molar-refractivity contribution is 6.40. The van der Waals surface area contributed by atoms with Crippen molar-refractivity contribution in [3.8, 4) is 5.75 Å². The lowest BCUT2D eigenvalue weighted by atomic mass is 10.1. The molecule has 19 heavy (non-hydrogen) atoms. The summed E-state index contributed by atoms with van der Waals surface area (Å²) in [5.74, 6) is -0.334. The quantitative estimate of drug-likeness (QED) is 0.865. The van der Waals surface area contributed by atoms with Crippen LogP contribution < -0.4 is 10.3 Å². The van der Waals surface area contributed by atoms with Gasteiger partial charge in [-0.2, -0.15) is 0 Å². The van der Waals surface area contributed by atoms with Gasteiger partial charge in [-0.25, -0.2) is 0 Å². The van der Waals surface area contributed by atoms with Crippen LogP contribution in [-0.4, -0.2) is 11.0 Å². The Balaban J connectivity index is 2.97. The third kappa shape index (κ3) is 2.46. The Kier molecular flexibility index (Phi) is 3.83. The molecule has 0 atom stereocenters. The molecule has 2 rings (SSSR count). The molecule has 100 valence electrons. The van der Waals surface area contributed by atoms with Gasteiger partial charge in [-0.3, -0.25) is 9.59 Å². The molecule has 1 heterocycles. The van der Waals surface area contributed by atoms with E-state index in [4.69, 9.17) is 27.9 Å². The lowest BCUT2D eigenvalue weighted by molar-refractivity contribution is -0.131. The molecule has 0 spiro atoms. The zero-order valence-corrected chi connectivity index (χ0v) is 11.9. The Bertz CT molecular complexity index is 722. The van der Waals surface area contributed by atoms with Gasteiger partial charge in [0.15, 0.2) is 0 Å². The smallest absolute Gasteiger partial charge is 0.308 e. The monoisotopic (exact) mass is 299 g/mol. The van der Waals surface area contributed by atoms with Crippen LogP contribution in [0.2, 0.25) is 10.0 Å². The Morgan fingerprint density at radius 1 is 1.32 bits per heavy atom. The third-order valence-corrected chi connectivity index (χ3v) is 3.35. The third-order valence-electron chi connectivity index (χ3n) is 2.72. The number of aromatic amines is 1. The van der Waals surface area contributed by atoms with Crippen molar-refractivity contribution in [1.29, 1.82) is 0 Å². The average molecular weight is 300 g/mol. The fourth-order valence-electron chi connectivity index (χ4n) is 1.92. The number of fused-ring (bicyclic) bond motifs is 1. The normalized spacial score (nSPS) is 10.7. The van der Waals surface area contributed by atoms with Crippen LogP contribution in [0.25, 0.3) is 10.9 Å². The molecule has 0 saturated carbocycles. The number of halogens is 2. The summed E-state index contributed by atoms with van der Waals surface area (Å²) in [6.07, 6.45) is 0.413. The first-order chi connectivity index (χ1) is 8.95. The second kappa shape index (κ2) is 5.23. The van der Waals surface area contributed by atoms with Crippen molar-refractivity contribution in [3.05, 3.63) is 38.1 Å². The number of ether oxygens (including phenoxy) is 1. The molecule has 0 amide bonds. The van der Waals surface area contributed by atoms with Gasteiger partial charge in [0, 0.05) is 6.92 Å². The van der Waals surface area contributed by atoms with Crippen molar-refractivity contribution in [3.63, 3.8) is 0 Å². The molecule has 0 bridgehead atoms. The minimum absolute atomic E-state index is 0.182. The summed E-state index contributed by atoms with van der Waals surface area (Å²) in [6, 6.07) is 3.17. The topological polar surface area (TPSA) is 59.2 Å². The molecule has 0 unspecified atom stereocenters. The van der Waals surface area contributed by atoms with Crippen LogP contribution in [0.3, 0.4) is 0 Å². The van der Waals surface area contributed by atoms with Crippen LogP contribution in [0.1, 0.15) is 19.4 Å². The first-order valence-electron chi connectivity index (χ1n) is 5.67. The molecule has 6 heteroatoms. The molecule has 1 aromatic heterocycles. The number of carbonyl (C=O) groups excluding carboxylic acids is 1. The molecular weight excluding hydrogens is 289 g/mol. The lowest BCUT2D eigenvalue weighted by Gasteiger charge is -2.12. The predicted molar refractivity (Wildman–Crippen MR) is 75.3 cm³/mol. The average Bonchev–Trinajstić information content (AvgIpc) is 2.33. The SMILES string of the molecule is CCc1c(OC(C)=O)c2c(Cl)ccc(Cl)c2[nH]c1=O. The van der Waals surface area contributed by atoms with Crippen LogP contribution in [0.4, 0.5) is 0 Å². The molecular formula is C13H11Cl2NO3. The highest BCUT2D eigenvalue weighted by atomic mass is 35.5. The zero-order valence-electron chi connectivity index (χ0n) is 10.3. The largest absolute Gasteiger partial charge is 0.425 e. The lowest BCUT2D eigenvalue weighted by Crippen LogP contribution is -2.16. The van der Waals surface area contributed by atoms with Crippen molar-refractivity contribution < 1.29 is 9.53 Å². The van der Waals surface area contributed by atoms with Crippen molar-refractivity contribution >= 4 is 40.1 Å². The molecule has 0 aliphatic heterocycles. The van der Waals surface area contributed by atoms with E-state index in [1.807, 2.05) is 0 Å². The minimum Gasteiger partial charge on any atom is -0.425 e. The van der Waals surface area contributed by atoms with Crippen LogP contribution >= 0.6 is 23.2 Å². The van der Waals surface area contributed by atoms with Crippen LogP contribution in [0.5, 0.6) is 5.75 Å². The van der Waals surface area contributed by atoms with Gasteiger partial charge in [-0.1, -0.05) is 30.1 Å². The van der Waals surface area contributed by atoms with Crippen molar-refractivity contribution in [2.45, 2.75) is 20.3 Å². The summed E-state index contributed by atoms with van der Waals surface area (Å²) >= 11 is 12.2. The van der Waals surface area contributed by atoms with Crippen molar-refractivity contribution in [1.82, 2.24) is 4.98 Å². The van der Waals surface area contributed by atoms with Crippen LogP contribution in [0.15, 0.2) is 16.9 Å². The molecule has 1 aromatic carbocycles. The summed E-state index contributed by atoms with van der Waals surface area (Å²) in [4.78, 5) is 25.9. The number of aromatic nitrogens is 1. The number of pyridine rings is 1. The number of nitrogens with one attached hydrogen (secondary N) is 1. The molecule has 2 aromatic rings. The van der Waals surface area contributed by atoms with Gasteiger partial charge in [0.2, 0.25) is 0 Å². The van der Waals surface area contributed by atoms with Crippen LogP contribution in [0, 0.1) is 0 Å². The minimum atomic E-state index is -0.516. The molecule has 0 fully saturated rings. The number of benzene rings is 1. The van der Waals surface area contributed by atoms with Crippen molar-refractivity contribution in [2.75, 3.05) is 0 Å². The Morgan fingerprint density at radius 3 is 2.53 bits per heavy atom. The van der Waals surface area contributed by atoms with E-state index in [-0.39, 0.29) is 11.3 Å². The van der Waals surface area contributed by atoms with Gasteiger partial charge in [0.1, 0.15) is 5.75 Å². The molecule has 0 aliphatic rings. The highest BCUT2D eigenvalue weighted by Crippen LogP contribution is 2.36. The Hall–Kier alpha value is -1.52. The standard InChI is InChI=1S/C13H11Cl2NO3/c1-3-7-12(19-6(2)17)10-8(14)4-5-9(15)11(10)16-13(7)18/h4-5H,3H2,1-2H3,(H,16,18). The van der Waals surface area contributed by atoms with E-state index in [1.54, 1.807) is 19.1 Å². The van der Waals surface area contributed by atoms with Gasteiger partial charge in [0.25, 0.3) is 5.56 Å². The fraction of sp³-hybridized carbons (Fsp3) is 0.231. The second-order valence-electron chi connectivity index (χ2n) is 3.99. The number of hydrogen-bond donors (Lipinski definition) is 1. The first-order valence-corrected chi connectivity index (χ1v) is 6.42. The van der Waals surface area contributed by atoms with E-state index in [1.165, 1.54) is 6.92 Å². The molecule has 0 radical (unpaired) electrons. The zero-order chi connectivity index (χ0) is 14.2. The summed E-state index contributed by atoms with van der Waals surface area (Å²) in [6.45, 7) is 3.06. The fourth-order valence-corrected chi connectivity index (χ4v) is 2.36. The second-order valence-corrected chi connectivity index (χ2v) is 4.80. The van der Waals surface area contributed by atoms with E-state index in [0.717, 1.165) is 0 Å². The van der Waals surface area contributed by atoms with E-state index in [2.05, 4.69) is 4.98 Å². The number of rotatable bonds is 2.